The quantitative estimate of drug-likeness (QED) is 0.480. The van der Waals surface area contributed by atoms with Crippen LogP contribution >= 0.6 is 0 Å². The second-order valence-corrected chi connectivity index (χ2v) is 4.47. The molecule has 0 aromatic carbocycles. The van der Waals surface area contributed by atoms with E-state index in [2.05, 4.69) is 5.16 Å². The number of hydrogen-bond donors (Lipinski definition) is 2. The highest BCUT2D eigenvalue weighted by molar-refractivity contribution is 5.87. The van der Waals surface area contributed by atoms with Crippen molar-refractivity contribution in [2.75, 3.05) is 0 Å². The van der Waals surface area contributed by atoms with Gasteiger partial charge in [0.2, 0.25) is 0 Å². The van der Waals surface area contributed by atoms with Crippen LogP contribution in [-0.2, 0) is 0 Å². The van der Waals surface area contributed by atoms with Gasteiger partial charge in [-0.05, 0) is 19.3 Å². The van der Waals surface area contributed by atoms with E-state index in [0.717, 1.165) is 25.7 Å². The summed E-state index contributed by atoms with van der Waals surface area (Å²) < 4.78 is 0. The van der Waals surface area contributed by atoms with Crippen molar-refractivity contribution >= 4 is 5.71 Å². The molecule has 0 bridgehead atoms. The van der Waals surface area contributed by atoms with E-state index < -0.39 is 6.10 Å². The van der Waals surface area contributed by atoms with Crippen LogP contribution in [0.15, 0.2) is 5.16 Å². The number of rotatable bonds is 0. The molecule has 1 atom stereocenters. The van der Waals surface area contributed by atoms with Crippen LogP contribution < -0.4 is 0 Å². The van der Waals surface area contributed by atoms with E-state index in [9.17, 15) is 5.11 Å². The lowest BCUT2D eigenvalue weighted by Crippen LogP contribution is -2.20. The molecule has 0 amide bonds. The Morgan fingerprint density at radius 2 is 1.40 bits per heavy atom. The molecule has 88 valence electrons. The standard InChI is InChI=1S/C12H23NO2/c14-12-10-8-6-4-2-1-3-5-7-9-11(12)13-15/h12,14-15H,1-10H2. The summed E-state index contributed by atoms with van der Waals surface area (Å²) in [7, 11) is 0. The van der Waals surface area contributed by atoms with Crippen molar-refractivity contribution in [2.24, 2.45) is 5.16 Å². The van der Waals surface area contributed by atoms with Gasteiger partial charge >= 0.3 is 0 Å². The van der Waals surface area contributed by atoms with Crippen LogP contribution in [0, 0.1) is 0 Å². The van der Waals surface area contributed by atoms with E-state index in [0.29, 0.717) is 5.71 Å². The largest absolute Gasteiger partial charge is 0.411 e. The highest BCUT2D eigenvalue weighted by Gasteiger charge is 2.13. The predicted octanol–water partition coefficient (Wildman–Crippen LogP) is 3.09. The number of hydrogen-bond acceptors (Lipinski definition) is 3. The fraction of sp³-hybridized carbons (Fsp3) is 0.917. The highest BCUT2D eigenvalue weighted by atomic mass is 16.4. The number of oxime groups is 1. The van der Waals surface area contributed by atoms with E-state index >= 15 is 0 Å². The van der Waals surface area contributed by atoms with Crippen molar-refractivity contribution < 1.29 is 10.3 Å². The van der Waals surface area contributed by atoms with Gasteiger partial charge in [0.1, 0.15) is 0 Å². The maximum atomic E-state index is 9.76. The molecule has 0 aromatic rings. The Labute approximate surface area is 92.2 Å². The zero-order chi connectivity index (χ0) is 10.9. The summed E-state index contributed by atoms with van der Waals surface area (Å²) in [6.07, 6.45) is 10.6. The Bertz CT molecular complexity index is 192. The lowest BCUT2D eigenvalue weighted by Gasteiger charge is -2.13. The predicted molar refractivity (Wildman–Crippen MR) is 61.4 cm³/mol. The van der Waals surface area contributed by atoms with Crippen LogP contribution in [-0.4, -0.2) is 22.1 Å². The van der Waals surface area contributed by atoms with Gasteiger partial charge in [0.15, 0.2) is 0 Å². The Hall–Kier alpha value is -0.570. The average molecular weight is 213 g/mol. The molecular weight excluding hydrogens is 190 g/mol. The minimum Gasteiger partial charge on any atom is -0.411 e. The van der Waals surface area contributed by atoms with Crippen LogP contribution in [0.1, 0.15) is 64.2 Å². The van der Waals surface area contributed by atoms with Crippen molar-refractivity contribution in [1.82, 2.24) is 0 Å². The fourth-order valence-electron chi connectivity index (χ4n) is 2.15. The average Bonchev–Trinajstić information content (AvgIpc) is 2.23. The molecule has 0 aliphatic heterocycles. The molecular formula is C12H23NO2. The molecule has 3 heteroatoms. The minimum absolute atomic E-state index is 0.519. The zero-order valence-corrected chi connectivity index (χ0v) is 9.49. The van der Waals surface area contributed by atoms with Crippen LogP contribution in [0.5, 0.6) is 0 Å². The van der Waals surface area contributed by atoms with E-state index in [1.54, 1.807) is 0 Å². The molecule has 1 fully saturated rings. The molecule has 1 unspecified atom stereocenters. The van der Waals surface area contributed by atoms with Gasteiger partial charge in [-0.25, -0.2) is 0 Å². The van der Waals surface area contributed by atoms with Gasteiger partial charge in [0.05, 0.1) is 11.8 Å². The number of aliphatic hydroxyl groups excluding tert-OH is 1. The summed E-state index contributed by atoms with van der Waals surface area (Å²) in [6.45, 7) is 0. The lowest BCUT2D eigenvalue weighted by atomic mass is 9.98. The molecule has 0 spiro atoms. The summed E-state index contributed by atoms with van der Waals surface area (Å²) in [6, 6.07) is 0. The summed E-state index contributed by atoms with van der Waals surface area (Å²) in [4.78, 5) is 0. The van der Waals surface area contributed by atoms with Gasteiger partial charge in [-0.2, -0.15) is 0 Å². The maximum absolute atomic E-state index is 9.76. The van der Waals surface area contributed by atoms with Gasteiger partial charge in [0, 0.05) is 0 Å². The van der Waals surface area contributed by atoms with Crippen molar-refractivity contribution in [2.45, 2.75) is 70.3 Å². The van der Waals surface area contributed by atoms with E-state index in [1.165, 1.54) is 38.5 Å². The minimum atomic E-state index is -0.519. The van der Waals surface area contributed by atoms with Gasteiger partial charge < -0.3 is 10.3 Å². The van der Waals surface area contributed by atoms with Gasteiger partial charge in [0.25, 0.3) is 0 Å². The molecule has 1 aliphatic carbocycles. The second-order valence-electron chi connectivity index (χ2n) is 4.47. The SMILES string of the molecule is ON=C1CCCCCCCCCCC1O. The number of nitrogens with zero attached hydrogens (tertiary/aromatic N) is 1. The van der Waals surface area contributed by atoms with Crippen LogP contribution in [0.25, 0.3) is 0 Å². The van der Waals surface area contributed by atoms with E-state index in [1.807, 2.05) is 0 Å². The number of aliphatic hydroxyl groups is 1. The first-order chi connectivity index (χ1) is 7.34. The van der Waals surface area contributed by atoms with Crippen LogP contribution in [0.4, 0.5) is 0 Å². The zero-order valence-electron chi connectivity index (χ0n) is 9.49. The molecule has 0 saturated heterocycles. The molecule has 3 nitrogen and oxygen atoms in total. The third kappa shape index (κ3) is 5.17. The summed E-state index contributed by atoms with van der Waals surface area (Å²) in [5.41, 5.74) is 0.579. The Balaban J connectivity index is 2.38. The molecule has 1 rings (SSSR count). The summed E-state index contributed by atoms with van der Waals surface area (Å²) in [5, 5.41) is 21.8. The molecule has 15 heavy (non-hydrogen) atoms. The highest BCUT2D eigenvalue weighted by Crippen LogP contribution is 2.15. The van der Waals surface area contributed by atoms with E-state index in [-0.39, 0.29) is 0 Å². The fourth-order valence-corrected chi connectivity index (χ4v) is 2.15. The van der Waals surface area contributed by atoms with Crippen molar-refractivity contribution in [3.8, 4) is 0 Å². The Morgan fingerprint density at radius 1 is 0.867 bits per heavy atom. The molecule has 1 aliphatic rings. The summed E-state index contributed by atoms with van der Waals surface area (Å²) in [5.74, 6) is 0. The molecule has 0 aromatic heterocycles. The monoisotopic (exact) mass is 213 g/mol. The summed E-state index contributed by atoms with van der Waals surface area (Å²) >= 11 is 0. The lowest BCUT2D eigenvalue weighted by molar-refractivity contribution is 0.212. The van der Waals surface area contributed by atoms with Crippen molar-refractivity contribution in [1.29, 1.82) is 0 Å². The third-order valence-electron chi connectivity index (χ3n) is 3.17. The molecule has 0 radical (unpaired) electrons. The first-order valence-electron chi connectivity index (χ1n) is 6.23. The molecule has 2 N–H and O–H groups in total. The first-order valence-corrected chi connectivity index (χ1v) is 6.23. The van der Waals surface area contributed by atoms with Gasteiger partial charge in [-0.15, -0.1) is 0 Å². The third-order valence-corrected chi connectivity index (χ3v) is 3.17. The van der Waals surface area contributed by atoms with Crippen molar-refractivity contribution in [3.63, 3.8) is 0 Å². The molecule has 0 heterocycles. The Kier molecular flexibility index (Phi) is 6.41. The van der Waals surface area contributed by atoms with Gasteiger partial charge in [-0.3, -0.25) is 0 Å². The first kappa shape index (κ1) is 12.5. The van der Waals surface area contributed by atoms with Gasteiger partial charge in [-0.1, -0.05) is 50.1 Å². The molecule has 1 saturated carbocycles. The van der Waals surface area contributed by atoms with Crippen molar-refractivity contribution in [3.05, 3.63) is 0 Å². The van der Waals surface area contributed by atoms with Crippen LogP contribution in [0.2, 0.25) is 0 Å². The normalized spacial score (nSPS) is 29.4. The van der Waals surface area contributed by atoms with Crippen LogP contribution in [0.3, 0.4) is 0 Å². The smallest absolute Gasteiger partial charge is 0.0954 e. The second kappa shape index (κ2) is 7.69. The maximum Gasteiger partial charge on any atom is 0.0954 e. The van der Waals surface area contributed by atoms with E-state index in [4.69, 9.17) is 5.21 Å². The Morgan fingerprint density at radius 3 is 2.00 bits per heavy atom. The topological polar surface area (TPSA) is 52.8 Å².